The van der Waals surface area contributed by atoms with Crippen molar-refractivity contribution >= 4 is 23.2 Å². The Kier molecular flexibility index (Phi) is 5.52. The van der Waals surface area contributed by atoms with Crippen LogP contribution in [0.1, 0.15) is 0 Å². The zero-order chi connectivity index (χ0) is 20.4. The van der Waals surface area contributed by atoms with Gasteiger partial charge < -0.3 is 14.5 Å². The summed E-state index contributed by atoms with van der Waals surface area (Å²) in [6.07, 6.45) is 0. The molecule has 0 amide bonds. The van der Waals surface area contributed by atoms with Crippen LogP contribution >= 0.6 is 23.2 Å². The van der Waals surface area contributed by atoms with Gasteiger partial charge in [0.25, 0.3) is 0 Å². The van der Waals surface area contributed by atoms with E-state index in [1.165, 1.54) is 0 Å². The molecular weight excluding hydrogens is 405 g/mol. The van der Waals surface area contributed by atoms with Crippen molar-refractivity contribution in [2.24, 2.45) is 0 Å². The summed E-state index contributed by atoms with van der Waals surface area (Å²) in [5.41, 5.74) is 5.64. The van der Waals surface area contributed by atoms with Crippen molar-refractivity contribution in [3.05, 3.63) is 82.8 Å². The Morgan fingerprint density at radius 1 is 0.655 bits per heavy atom. The van der Waals surface area contributed by atoms with Crippen LogP contribution in [0.4, 0.5) is 0 Å². The minimum atomic E-state index is 0.663. The lowest BCUT2D eigenvalue weighted by Gasteiger charge is -2.11. The molecule has 0 radical (unpaired) electrons. The normalized spacial score (nSPS) is 10.8. The first-order valence-electron chi connectivity index (χ1n) is 9.07. The number of ether oxygens (including phenoxy) is 2. The zero-order valence-corrected chi connectivity index (χ0v) is 17.5. The Bertz CT molecular complexity index is 1170. The summed E-state index contributed by atoms with van der Waals surface area (Å²) in [4.78, 5) is 3.52. The predicted molar refractivity (Wildman–Crippen MR) is 120 cm³/mol. The van der Waals surface area contributed by atoms with Gasteiger partial charge in [0.05, 0.1) is 19.9 Å². The highest BCUT2D eigenvalue weighted by atomic mass is 35.5. The quantitative estimate of drug-likeness (QED) is 0.364. The smallest absolute Gasteiger partial charge is 0.161 e. The zero-order valence-electron chi connectivity index (χ0n) is 16.0. The van der Waals surface area contributed by atoms with Crippen molar-refractivity contribution in [1.82, 2.24) is 4.98 Å². The fourth-order valence-electron chi connectivity index (χ4n) is 3.39. The number of methoxy groups -OCH3 is 2. The number of aromatic nitrogens is 1. The Balaban J connectivity index is 1.95. The van der Waals surface area contributed by atoms with Gasteiger partial charge in [0.2, 0.25) is 0 Å². The average molecular weight is 424 g/mol. The first-order valence-corrected chi connectivity index (χ1v) is 9.83. The summed E-state index contributed by atoms with van der Waals surface area (Å²) >= 11 is 13.0. The van der Waals surface area contributed by atoms with E-state index in [0.29, 0.717) is 21.5 Å². The maximum absolute atomic E-state index is 6.52. The largest absolute Gasteiger partial charge is 0.493 e. The van der Waals surface area contributed by atoms with Gasteiger partial charge in [-0.05, 0) is 35.9 Å². The van der Waals surface area contributed by atoms with Crippen LogP contribution in [0.5, 0.6) is 11.5 Å². The summed E-state index contributed by atoms with van der Waals surface area (Å²) in [5.74, 6) is 1.34. The summed E-state index contributed by atoms with van der Waals surface area (Å²) in [6, 6.07) is 23.4. The number of halogens is 2. The molecule has 3 aromatic carbocycles. The number of hydrogen-bond donors (Lipinski definition) is 1. The minimum Gasteiger partial charge on any atom is -0.493 e. The molecule has 3 nitrogen and oxygen atoms in total. The third kappa shape index (κ3) is 3.71. The molecule has 0 aliphatic carbocycles. The van der Waals surface area contributed by atoms with Gasteiger partial charge in [0.15, 0.2) is 11.5 Å². The Morgan fingerprint density at radius 3 is 1.90 bits per heavy atom. The van der Waals surface area contributed by atoms with Gasteiger partial charge in [-0.2, -0.15) is 0 Å². The molecule has 5 heteroatoms. The first kappa shape index (κ1) is 19.4. The molecule has 0 aliphatic heterocycles. The van der Waals surface area contributed by atoms with E-state index in [0.717, 1.165) is 33.6 Å². The first-order chi connectivity index (χ1) is 14.1. The van der Waals surface area contributed by atoms with Crippen LogP contribution in [-0.2, 0) is 0 Å². The lowest BCUT2D eigenvalue weighted by molar-refractivity contribution is 0.355. The van der Waals surface area contributed by atoms with Crippen LogP contribution in [0.3, 0.4) is 0 Å². The summed E-state index contributed by atoms with van der Waals surface area (Å²) in [7, 11) is 3.25. The third-order valence-corrected chi connectivity index (χ3v) is 5.48. The molecule has 0 unspecified atom stereocenters. The second-order valence-electron chi connectivity index (χ2n) is 6.50. The number of nitrogens with one attached hydrogen (secondary N) is 1. The molecule has 0 bridgehead atoms. The van der Waals surface area contributed by atoms with Gasteiger partial charge in [-0.1, -0.05) is 65.7 Å². The molecule has 0 fully saturated rings. The van der Waals surface area contributed by atoms with Crippen molar-refractivity contribution in [1.29, 1.82) is 0 Å². The van der Waals surface area contributed by atoms with E-state index in [4.69, 9.17) is 32.7 Å². The summed E-state index contributed by atoms with van der Waals surface area (Å²) < 4.78 is 10.9. The fraction of sp³-hybridized carbons (Fsp3) is 0.0833. The Hall–Kier alpha value is -2.88. The monoisotopic (exact) mass is 423 g/mol. The fourth-order valence-corrected chi connectivity index (χ4v) is 3.85. The summed E-state index contributed by atoms with van der Waals surface area (Å²) in [6.45, 7) is 0. The molecule has 1 heterocycles. The highest BCUT2D eigenvalue weighted by Gasteiger charge is 2.18. The van der Waals surface area contributed by atoms with E-state index < -0.39 is 0 Å². The van der Waals surface area contributed by atoms with Crippen molar-refractivity contribution in [2.45, 2.75) is 0 Å². The van der Waals surface area contributed by atoms with Crippen LogP contribution in [-0.4, -0.2) is 19.2 Å². The molecule has 146 valence electrons. The molecule has 1 aromatic heterocycles. The molecule has 1 N–H and O–H groups in total. The van der Waals surface area contributed by atoms with Crippen molar-refractivity contribution in [3.63, 3.8) is 0 Å². The number of aromatic amines is 1. The van der Waals surface area contributed by atoms with Gasteiger partial charge in [-0.3, -0.25) is 0 Å². The third-order valence-electron chi connectivity index (χ3n) is 4.82. The summed E-state index contributed by atoms with van der Waals surface area (Å²) in [5, 5.41) is 1.35. The average Bonchev–Trinajstić information content (AvgIpc) is 3.18. The maximum atomic E-state index is 6.52. The topological polar surface area (TPSA) is 34.2 Å². The molecule has 4 aromatic rings. The highest BCUT2D eigenvalue weighted by Crippen LogP contribution is 2.42. The second-order valence-corrected chi connectivity index (χ2v) is 7.32. The lowest BCUT2D eigenvalue weighted by Crippen LogP contribution is -1.91. The maximum Gasteiger partial charge on any atom is 0.161 e. The Morgan fingerprint density at radius 2 is 1.28 bits per heavy atom. The predicted octanol–water partition coefficient (Wildman–Crippen LogP) is 7.34. The van der Waals surface area contributed by atoms with Gasteiger partial charge >= 0.3 is 0 Å². The highest BCUT2D eigenvalue weighted by molar-refractivity contribution is 6.34. The molecule has 4 rings (SSSR count). The van der Waals surface area contributed by atoms with Crippen molar-refractivity contribution in [2.75, 3.05) is 14.2 Å². The van der Waals surface area contributed by atoms with E-state index >= 15 is 0 Å². The lowest BCUT2D eigenvalue weighted by atomic mass is 10.0. The van der Waals surface area contributed by atoms with Crippen LogP contribution in [0.2, 0.25) is 10.0 Å². The molecule has 0 aliphatic rings. The van der Waals surface area contributed by atoms with E-state index in [2.05, 4.69) is 11.1 Å². The molecule has 0 spiro atoms. The standard InChI is InChI=1S/C24H19Cl2NO2/c1-28-22-12-11-15(13-23(22)29-2)18-14-21(16-7-3-5-9-19(16)25)27-24(18)17-8-4-6-10-20(17)26/h3-14,27H,1-2H3. The van der Waals surface area contributed by atoms with E-state index in [1.807, 2.05) is 66.7 Å². The van der Waals surface area contributed by atoms with Gasteiger partial charge in [-0.15, -0.1) is 0 Å². The molecule has 0 saturated carbocycles. The van der Waals surface area contributed by atoms with Gasteiger partial charge in [0.1, 0.15) is 0 Å². The number of hydrogen-bond acceptors (Lipinski definition) is 2. The van der Waals surface area contributed by atoms with Crippen LogP contribution in [0.25, 0.3) is 33.6 Å². The number of rotatable bonds is 5. The van der Waals surface area contributed by atoms with E-state index in [9.17, 15) is 0 Å². The van der Waals surface area contributed by atoms with E-state index in [1.54, 1.807) is 14.2 Å². The molecular formula is C24H19Cl2NO2. The van der Waals surface area contributed by atoms with Crippen molar-refractivity contribution < 1.29 is 9.47 Å². The van der Waals surface area contributed by atoms with Crippen molar-refractivity contribution in [3.8, 4) is 45.1 Å². The van der Waals surface area contributed by atoms with E-state index in [-0.39, 0.29) is 0 Å². The molecule has 0 saturated heterocycles. The molecule has 29 heavy (non-hydrogen) atoms. The van der Waals surface area contributed by atoms with Crippen LogP contribution in [0.15, 0.2) is 72.8 Å². The van der Waals surface area contributed by atoms with Gasteiger partial charge in [0, 0.05) is 32.4 Å². The number of benzene rings is 3. The minimum absolute atomic E-state index is 0.663. The van der Waals surface area contributed by atoms with Gasteiger partial charge in [-0.25, -0.2) is 0 Å². The molecule has 0 atom stereocenters. The Labute approximate surface area is 179 Å². The second kappa shape index (κ2) is 8.24. The SMILES string of the molecule is COc1ccc(-c2cc(-c3ccccc3Cl)[nH]c2-c2ccccc2Cl)cc1OC. The van der Waals surface area contributed by atoms with Crippen LogP contribution < -0.4 is 9.47 Å². The van der Waals surface area contributed by atoms with Crippen LogP contribution in [0, 0.1) is 0 Å². The number of H-pyrrole nitrogens is 1.